The van der Waals surface area contributed by atoms with Gasteiger partial charge in [-0.1, -0.05) is 28.1 Å². The van der Waals surface area contributed by atoms with E-state index in [1.807, 2.05) is 12.1 Å². The molecule has 0 spiro atoms. The molecule has 0 aromatic heterocycles. The fraction of sp³-hybridized carbons (Fsp3) is 0.500. The molecule has 0 N–H and O–H groups in total. The van der Waals surface area contributed by atoms with Crippen LogP contribution in [-0.2, 0) is 11.3 Å². The smallest absolute Gasteiger partial charge is 0.0717 e. The molecule has 0 saturated heterocycles. The molecule has 0 heterocycles. The van der Waals surface area contributed by atoms with E-state index >= 15 is 0 Å². The van der Waals surface area contributed by atoms with E-state index in [9.17, 15) is 0 Å². The molecule has 1 rings (SSSR count). The Balaban J connectivity index is 2.10. The molecule has 84 valence electrons. The van der Waals surface area contributed by atoms with Gasteiger partial charge in [-0.25, -0.2) is 0 Å². The van der Waals surface area contributed by atoms with E-state index in [-0.39, 0.29) is 0 Å². The summed E-state index contributed by atoms with van der Waals surface area (Å²) in [4.78, 5) is 0. The molecular weight excluding hydrogens is 275 g/mol. The van der Waals surface area contributed by atoms with Gasteiger partial charge in [-0.3, -0.25) is 0 Å². The van der Waals surface area contributed by atoms with E-state index in [0.29, 0.717) is 6.61 Å². The highest BCUT2D eigenvalue weighted by molar-refractivity contribution is 9.10. The van der Waals surface area contributed by atoms with Crippen molar-refractivity contribution in [3.05, 3.63) is 34.3 Å². The first kappa shape index (κ1) is 13.0. The molecule has 0 saturated carbocycles. The maximum Gasteiger partial charge on any atom is 0.0717 e. The summed E-state index contributed by atoms with van der Waals surface area (Å²) in [6, 6.07) is 8.20. The third kappa shape index (κ3) is 6.18. The fourth-order valence-corrected chi connectivity index (χ4v) is 1.93. The Bertz CT molecular complexity index is 278. The van der Waals surface area contributed by atoms with E-state index in [4.69, 9.17) is 16.3 Å². The van der Waals surface area contributed by atoms with Gasteiger partial charge in [-0.15, -0.1) is 11.6 Å². The normalized spacial score (nSPS) is 10.5. The minimum absolute atomic E-state index is 0.695. The topological polar surface area (TPSA) is 9.23 Å². The number of ether oxygens (including phenoxy) is 1. The van der Waals surface area contributed by atoms with E-state index < -0.39 is 0 Å². The molecule has 3 heteroatoms. The highest BCUT2D eigenvalue weighted by atomic mass is 79.9. The lowest BCUT2D eigenvalue weighted by atomic mass is 10.2. The molecule has 1 nitrogen and oxygen atoms in total. The Kier molecular flexibility index (Phi) is 7.07. The van der Waals surface area contributed by atoms with Crippen molar-refractivity contribution in [2.75, 3.05) is 12.5 Å². The van der Waals surface area contributed by atoms with E-state index in [1.165, 1.54) is 5.56 Å². The van der Waals surface area contributed by atoms with Crippen LogP contribution in [0, 0.1) is 0 Å². The second-order valence-corrected chi connectivity index (χ2v) is 4.73. The number of benzene rings is 1. The van der Waals surface area contributed by atoms with E-state index in [1.54, 1.807) is 0 Å². The summed E-state index contributed by atoms with van der Waals surface area (Å²) in [7, 11) is 0. The third-order valence-electron chi connectivity index (χ3n) is 2.08. The molecular formula is C12H16BrClO. The Hall–Kier alpha value is -0.0500. The van der Waals surface area contributed by atoms with Crippen LogP contribution in [0.4, 0.5) is 0 Å². The molecule has 0 radical (unpaired) electrons. The molecule has 0 aliphatic carbocycles. The number of halogens is 2. The highest BCUT2D eigenvalue weighted by Crippen LogP contribution is 2.12. The van der Waals surface area contributed by atoms with Crippen LogP contribution in [-0.4, -0.2) is 12.5 Å². The second-order valence-electron chi connectivity index (χ2n) is 3.43. The average Bonchev–Trinajstić information content (AvgIpc) is 2.23. The lowest BCUT2D eigenvalue weighted by molar-refractivity contribution is 0.117. The monoisotopic (exact) mass is 290 g/mol. The fourth-order valence-electron chi connectivity index (χ4n) is 1.29. The molecule has 0 atom stereocenters. The van der Waals surface area contributed by atoms with Crippen molar-refractivity contribution in [3.8, 4) is 0 Å². The minimum atomic E-state index is 0.695. The van der Waals surface area contributed by atoms with Gasteiger partial charge in [0, 0.05) is 17.0 Å². The van der Waals surface area contributed by atoms with Gasteiger partial charge in [0.2, 0.25) is 0 Å². The summed E-state index contributed by atoms with van der Waals surface area (Å²) in [5.74, 6) is 0.756. The van der Waals surface area contributed by atoms with Crippen LogP contribution in [0.1, 0.15) is 24.8 Å². The Morgan fingerprint density at radius 3 is 2.80 bits per heavy atom. The lowest BCUT2D eigenvalue weighted by Crippen LogP contribution is -1.95. The van der Waals surface area contributed by atoms with Crippen molar-refractivity contribution >= 4 is 27.5 Å². The van der Waals surface area contributed by atoms with Crippen LogP contribution in [0.5, 0.6) is 0 Å². The lowest BCUT2D eigenvalue weighted by Gasteiger charge is -2.04. The predicted molar refractivity (Wildman–Crippen MR) is 68.4 cm³/mol. The maximum absolute atomic E-state index is 5.58. The molecule has 0 bridgehead atoms. The first-order chi connectivity index (χ1) is 7.33. The van der Waals surface area contributed by atoms with Gasteiger partial charge in [0.1, 0.15) is 0 Å². The highest BCUT2D eigenvalue weighted by Gasteiger charge is 1.94. The van der Waals surface area contributed by atoms with Crippen LogP contribution in [0.25, 0.3) is 0 Å². The molecule has 1 aromatic rings. The first-order valence-electron chi connectivity index (χ1n) is 5.21. The van der Waals surface area contributed by atoms with E-state index in [0.717, 1.165) is 36.2 Å². The first-order valence-corrected chi connectivity index (χ1v) is 6.54. The van der Waals surface area contributed by atoms with Gasteiger partial charge in [0.25, 0.3) is 0 Å². The van der Waals surface area contributed by atoms with Gasteiger partial charge in [0.15, 0.2) is 0 Å². The molecule has 0 unspecified atom stereocenters. The van der Waals surface area contributed by atoms with Crippen molar-refractivity contribution in [3.63, 3.8) is 0 Å². The summed E-state index contributed by atoms with van der Waals surface area (Å²) in [5, 5.41) is 0. The predicted octanol–water partition coefficient (Wildman–Crippen LogP) is 4.37. The van der Waals surface area contributed by atoms with Gasteiger partial charge >= 0.3 is 0 Å². The van der Waals surface area contributed by atoms with Crippen molar-refractivity contribution in [1.29, 1.82) is 0 Å². The third-order valence-corrected chi connectivity index (χ3v) is 2.84. The van der Waals surface area contributed by atoms with Crippen LogP contribution in [0.15, 0.2) is 28.7 Å². The summed E-state index contributed by atoms with van der Waals surface area (Å²) >= 11 is 9.02. The summed E-state index contributed by atoms with van der Waals surface area (Å²) in [6.07, 6.45) is 3.34. The molecule has 0 amide bonds. The second kappa shape index (κ2) is 8.14. The van der Waals surface area contributed by atoms with Crippen molar-refractivity contribution < 1.29 is 4.74 Å². The van der Waals surface area contributed by atoms with Crippen molar-refractivity contribution in [2.45, 2.75) is 25.9 Å². The van der Waals surface area contributed by atoms with E-state index in [2.05, 4.69) is 28.1 Å². The maximum atomic E-state index is 5.58. The van der Waals surface area contributed by atoms with Crippen molar-refractivity contribution in [2.24, 2.45) is 0 Å². The SMILES string of the molecule is ClCCCCCOCc1cccc(Br)c1. The van der Waals surface area contributed by atoms with Gasteiger partial charge in [0.05, 0.1) is 6.61 Å². The summed E-state index contributed by atoms with van der Waals surface area (Å²) in [5.41, 5.74) is 1.21. The zero-order chi connectivity index (χ0) is 10.9. The minimum Gasteiger partial charge on any atom is -0.377 e. The van der Waals surface area contributed by atoms with Crippen LogP contribution < -0.4 is 0 Å². The number of rotatable bonds is 7. The zero-order valence-corrected chi connectivity index (χ0v) is 11.1. The van der Waals surface area contributed by atoms with Crippen LogP contribution in [0.3, 0.4) is 0 Å². The number of hydrogen-bond donors (Lipinski definition) is 0. The quantitative estimate of drug-likeness (QED) is 0.535. The average molecular weight is 292 g/mol. The summed E-state index contributed by atoms with van der Waals surface area (Å²) in [6.45, 7) is 1.52. The number of alkyl halides is 1. The van der Waals surface area contributed by atoms with Crippen LogP contribution in [0.2, 0.25) is 0 Å². The molecule has 1 aromatic carbocycles. The number of hydrogen-bond acceptors (Lipinski definition) is 1. The van der Waals surface area contributed by atoms with Crippen molar-refractivity contribution in [1.82, 2.24) is 0 Å². The van der Waals surface area contributed by atoms with Gasteiger partial charge in [-0.2, -0.15) is 0 Å². The molecule has 0 aliphatic rings. The molecule has 15 heavy (non-hydrogen) atoms. The Morgan fingerprint density at radius 2 is 2.07 bits per heavy atom. The Labute approximate surface area is 105 Å². The standard InChI is InChI=1S/C12H16BrClO/c13-12-6-4-5-11(9-12)10-15-8-3-1-2-7-14/h4-6,9H,1-3,7-8,10H2. The number of unbranched alkanes of at least 4 members (excludes halogenated alkanes) is 2. The zero-order valence-electron chi connectivity index (χ0n) is 8.72. The Morgan fingerprint density at radius 1 is 1.20 bits per heavy atom. The molecule has 0 aliphatic heterocycles. The summed E-state index contributed by atoms with van der Waals surface area (Å²) < 4.78 is 6.66. The molecule has 0 fully saturated rings. The van der Waals surface area contributed by atoms with Gasteiger partial charge in [-0.05, 0) is 37.0 Å². The van der Waals surface area contributed by atoms with Crippen LogP contribution >= 0.6 is 27.5 Å². The van der Waals surface area contributed by atoms with Gasteiger partial charge < -0.3 is 4.74 Å². The largest absolute Gasteiger partial charge is 0.377 e.